The number of thiazole rings is 1. The van der Waals surface area contributed by atoms with Crippen LogP contribution in [0, 0.1) is 12.3 Å². The first-order valence-electron chi connectivity index (χ1n) is 7.53. The maximum absolute atomic E-state index is 12.6. The van der Waals surface area contributed by atoms with E-state index < -0.39 is 11.4 Å². The summed E-state index contributed by atoms with van der Waals surface area (Å²) < 4.78 is 0. The Morgan fingerprint density at radius 2 is 2.26 bits per heavy atom. The molecule has 2 aromatic rings. The van der Waals surface area contributed by atoms with Crippen molar-refractivity contribution in [2.24, 2.45) is 5.41 Å². The molecule has 1 unspecified atom stereocenters. The van der Waals surface area contributed by atoms with Crippen LogP contribution in [0.25, 0.3) is 11.3 Å². The molecular formula is C16H19N3O3S. The number of hydrogen-bond acceptors (Lipinski definition) is 4. The van der Waals surface area contributed by atoms with Crippen LogP contribution in [0.2, 0.25) is 0 Å². The maximum Gasteiger partial charge on any atom is 0.311 e. The fourth-order valence-electron chi connectivity index (χ4n) is 2.92. The van der Waals surface area contributed by atoms with Gasteiger partial charge in [-0.25, -0.2) is 4.98 Å². The van der Waals surface area contributed by atoms with Crippen molar-refractivity contribution in [2.75, 3.05) is 13.1 Å². The highest BCUT2D eigenvalue weighted by molar-refractivity contribution is 7.09. The van der Waals surface area contributed by atoms with Crippen LogP contribution in [0.3, 0.4) is 0 Å². The molecule has 2 N–H and O–H groups in total. The van der Waals surface area contributed by atoms with Gasteiger partial charge in [0.15, 0.2) is 0 Å². The van der Waals surface area contributed by atoms with Gasteiger partial charge in [-0.3, -0.25) is 9.59 Å². The molecule has 2 aromatic heterocycles. The molecule has 0 radical (unpaired) electrons. The Balaban J connectivity index is 1.78. The van der Waals surface area contributed by atoms with Crippen LogP contribution >= 0.6 is 11.3 Å². The maximum atomic E-state index is 12.6. The summed E-state index contributed by atoms with van der Waals surface area (Å²) in [6.07, 6.45) is 3.07. The fraction of sp³-hybridized carbons (Fsp3) is 0.438. The Labute approximate surface area is 138 Å². The second-order valence-electron chi connectivity index (χ2n) is 6.25. The predicted molar refractivity (Wildman–Crippen MR) is 87.5 cm³/mol. The number of carbonyl (C=O) groups excluding carboxylic acids is 1. The highest BCUT2D eigenvalue weighted by Crippen LogP contribution is 2.31. The number of carboxylic acids is 1. The molecule has 23 heavy (non-hydrogen) atoms. The summed E-state index contributed by atoms with van der Waals surface area (Å²) in [6.45, 7) is 4.47. The Kier molecular flexibility index (Phi) is 3.97. The van der Waals surface area contributed by atoms with Crippen LogP contribution < -0.4 is 0 Å². The summed E-state index contributed by atoms with van der Waals surface area (Å²) in [4.78, 5) is 33.1. The van der Waals surface area contributed by atoms with Crippen molar-refractivity contribution < 1.29 is 14.7 Å². The molecule has 6 nitrogen and oxygen atoms in total. The van der Waals surface area contributed by atoms with Crippen molar-refractivity contribution in [3.05, 3.63) is 28.3 Å². The minimum absolute atomic E-state index is 0.157. The van der Waals surface area contributed by atoms with Crippen molar-refractivity contribution in [1.82, 2.24) is 14.9 Å². The van der Waals surface area contributed by atoms with Gasteiger partial charge >= 0.3 is 5.97 Å². The fourth-order valence-corrected chi connectivity index (χ4v) is 3.54. The van der Waals surface area contributed by atoms with E-state index in [0.717, 1.165) is 16.3 Å². The van der Waals surface area contributed by atoms with Gasteiger partial charge in [-0.2, -0.15) is 0 Å². The van der Waals surface area contributed by atoms with Gasteiger partial charge in [0, 0.05) is 30.2 Å². The van der Waals surface area contributed by atoms with Gasteiger partial charge in [0.1, 0.15) is 5.69 Å². The number of aromatic amines is 1. The summed E-state index contributed by atoms with van der Waals surface area (Å²) in [6, 6.07) is 1.78. The van der Waals surface area contributed by atoms with E-state index >= 15 is 0 Å². The first-order valence-corrected chi connectivity index (χ1v) is 8.41. The molecule has 1 fully saturated rings. The zero-order valence-electron chi connectivity index (χ0n) is 13.1. The van der Waals surface area contributed by atoms with Crippen molar-refractivity contribution in [3.8, 4) is 11.3 Å². The van der Waals surface area contributed by atoms with Crippen LogP contribution in [0.1, 0.15) is 35.3 Å². The number of carboxylic acid groups (broad SMARTS) is 1. The quantitative estimate of drug-likeness (QED) is 0.904. The Bertz CT molecular complexity index is 751. The summed E-state index contributed by atoms with van der Waals surface area (Å²) in [5, 5.41) is 12.3. The average molecular weight is 333 g/mol. The number of carbonyl (C=O) groups is 2. The highest BCUT2D eigenvalue weighted by Gasteiger charge is 2.39. The molecule has 3 heterocycles. The van der Waals surface area contributed by atoms with Crippen LogP contribution in [-0.4, -0.2) is 44.9 Å². The zero-order chi connectivity index (χ0) is 16.6. The predicted octanol–water partition coefficient (Wildman–Crippen LogP) is 2.77. The van der Waals surface area contributed by atoms with E-state index in [9.17, 15) is 14.7 Å². The number of piperidine rings is 1. The molecule has 7 heteroatoms. The normalized spacial score (nSPS) is 21.4. The van der Waals surface area contributed by atoms with E-state index in [1.807, 2.05) is 12.3 Å². The molecule has 1 atom stereocenters. The third-order valence-electron chi connectivity index (χ3n) is 4.33. The molecule has 0 aromatic carbocycles. The van der Waals surface area contributed by atoms with E-state index in [-0.39, 0.29) is 12.5 Å². The largest absolute Gasteiger partial charge is 0.481 e. The average Bonchev–Trinajstić information content (AvgIpc) is 3.15. The van der Waals surface area contributed by atoms with Gasteiger partial charge in [-0.1, -0.05) is 0 Å². The Morgan fingerprint density at radius 1 is 1.48 bits per heavy atom. The minimum atomic E-state index is -0.866. The Morgan fingerprint density at radius 3 is 2.91 bits per heavy atom. The third kappa shape index (κ3) is 3.01. The monoisotopic (exact) mass is 333 g/mol. The molecular weight excluding hydrogens is 314 g/mol. The van der Waals surface area contributed by atoms with Gasteiger partial charge in [0.05, 0.1) is 16.1 Å². The lowest BCUT2D eigenvalue weighted by Crippen LogP contribution is -2.48. The summed E-state index contributed by atoms with van der Waals surface area (Å²) in [5.41, 5.74) is 1.32. The molecule has 0 saturated carbocycles. The number of hydrogen-bond donors (Lipinski definition) is 2. The SMILES string of the molecule is Cc1nc(-c2c[nH]c(C(=O)N3CCCC(C)(C(=O)O)C3)c2)cs1. The zero-order valence-corrected chi connectivity index (χ0v) is 13.9. The van der Waals surface area contributed by atoms with Gasteiger partial charge in [0.2, 0.25) is 0 Å². The number of aliphatic carboxylic acids is 1. The van der Waals surface area contributed by atoms with Crippen LogP contribution in [-0.2, 0) is 4.79 Å². The van der Waals surface area contributed by atoms with E-state index in [4.69, 9.17) is 0 Å². The summed E-state index contributed by atoms with van der Waals surface area (Å²) in [5.74, 6) is -1.00. The number of aromatic nitrogens is 2. The van der Waals surface area contributed by atoms with Gasteiger partial charge in [-0.05, 0) is 32.8 Å². The second kappa shape index (κ2) is 5.81. The first-order chi connectivity index (χ1) is 10.9. The second-order valence-corrected chi connectivity index (χ2v) is 7.31. The number of likely N-dealkylation sites (tertiary alicyclic amines) is 1. The van der Waals surface area contributed by atoms with Crippen molar-refractivity contribution >= 4 is 23.2 Å². The minimum Gasteiger partial charge on any atom is -0.481 e. The van der Waals surface area contributed by atoms with Crippen molar-refractivity contribution in [1.29, 1.82) is 0 Å². The lowest BCUT2D eigenvalue weighted by Gasteiger charge is -2.37. The molecule has 1 aliphatic heterocycles. The molecule has 0 aliphatic carbocycles. The molecule has 0 spiro atoms. The molecule has 1 aliphatic rings. The van der Waals surface area contributed by atoms with E-state index in [1.54, 1.807) is 35.4 Å². The molecule has 0 bridgehead atoms. The lowest BCUT2D eigenvalue weighted by atomic mass is 9.82. The van der Waals surface area contributed by atoms with Crippen molar-refractivity contribution in [3.63, 3.8) is 0 Å². The van der Waals surface area contributed by atoms with Crippen molar-refractivity contribution in [2.45, 2.75) is 26.7 Å². The number of rotatable bonds is 3. The number of amides is 1. The Hall–Kier alpha value is -2.15. The highest BCUT2D eigenvalue weighted by atomic mass is 32.1. The van der Waals surface area contributed by atoms with Crippen LogP contribution in [0.4, 0.5) is 0 Å². The van der Waals surface area contributed by atoms with E-state index in [0.29, 0.717) is 25.1 Å². The molecule has 1 amide bonds. The smallest absolute Gasteiger partial charge is 0.311 e. The van der Waals surface area contributed by atoms with Gasteiger partial charge in [0.25, 0.3) is 5.91 Å². The van der Waals surface area contributed by atoms with Gasteiger partial charge < -0.3 is 15.0 Å². The number of H-pyrrole nitrogens is 1. The standard InChI is InChI=1S/C16H19N3O3S/c1-10-18-13(8-23-10)11-6-12(17-7-11)14(20)19-5-3-4-16(2,9-19)15(21)22/h6-8,17H,3-5,9H2,1-2H3,(H,21,22). The van der Waals surface area contributed by atoms with E-state index in [1.165, 1.54) is 0 Å². The summed E-state index contributed by atoms with van der Waals surface area (Å²) >= 11 is 1.56. The molecule has 122 valence electrons. The molecule has 3 rings (SSSR count). The number of nitrogens with one attached hydrogen (secondary N) is 1. The number of aryl methyl sites for hydroxylation is 1. The third-order valence-corrected chi connectivity index (χ3v) is 5.10. The summed E-state index contributed by atoms with van der Waals surface area (Å²) in [7, 11) is 0. The van der Waals surface area contributed by atoms with Crippen LogP contribution in [0.5, 0.6) is 0 Å². The first kappa shape index (κ1) is 15.7. The lowest BCUT2D eigenvalue weighted by molar-refractivity contribution is -0.150. The molecule has 1 saturated heterocycles. The van der Waals surface area contributed by atoms with Crippen LogP contribution in [0.15, 0.2) is 17.6 Å². The topological polar surface area (TPSA) is 86.3 Å². The van der Waals surface area contributed by atoms with Gasteiger partial charge in [-0.15, -0.1) is 11.3 Å². The van der Waals surface area contributed by atoms with E-state index in [2.05, 4.69) is 9.97 Å². The number of nitrogens with zero attached hydrogens (tertiary/aromatic N) is 2.